The minimum absolute atomic E-state index is 0.172. The monoisotopic (exact) mass is 298 g/mol. The van der Waals surface area contributed by atoms with Crippen molar-refractivity contribution in [3.8, 4) is 0 Å². The summed E-state index contributed by atoms with van der Waals surface area (Å²) < 4.78 is 5.42. The normalized spacial score (nSPS) is 24.7. The van der Waals surface area contributed by atoms with E-state index in [0.717, 1.165) is 0 Å². The van der Waals surface area contributed by atoms with Crippen LogP contribution < -0.4 is 0 Å². The van der Waals surface area contributed by atoms with Crippen molar-refractivity contribution in [1.82, 2.24) is 0 Å². The van der Waals surface area contributed by atoms with Crippen LogP contribution in [0.2, 0.25) is 0 Å². The average molecular weight is 298 g/mol. The van der Waals surface area contributed by atoms with Crippen LogP contribution in [-0.4, -0.2) is 18.5 Å². The van der Waals surface area contributed by atoms with Gasteiger partial charge in [-0.1, -0.05) is 42.1 Å². The summed E-state index contributed by atoms with van der Waals surface area (Å²) in [7, 11) is 1.61. The Morgan fingerprint density at radius 2 is 1.67 bits per heavy atom. The first kappa shape index (κ1) is 14.4. The predicted octanol–water partition coefficient (Wildman–Crippen LogP) is 4.30. The van der Waals surface area contributed by atoms with E-state index >= 15 is 0 Å². The van der Waals surface area contributed by atoms with E-state index in [1.165, 1.54) is 15.4 Å². The molecule has 0 heterocycles. The molecule has 2 aromatic rings. The third kappa shape index (κ3) is 2.63. The number of carbonyl (C=O) groups is 1. The molecule has 0 spiro atoms. The fraction of sp³-hybridized carbons (Fsp3) is 0.278. The standard InChI is InChI=1S/C18H18O2S/c1-18(20-2)16(12-17(18)19)13-8-10-15(11-9-13)21-14-6-4-3-5-7-14/h3-11,16H,12H2,1-2H3/t16-,18-/m1/s1. The largest absolute Gasteiger partial charge is 0.370 e. The van der Waals surface area contributed by atoms with Gasteiger partial charge in [-0.2, -0.15) is 0 Å². The summed E-state index contributed by atoms with van der Waals surface area (Å²) in [5.41, 5.74) is 0.532. The van der Waals surface area contributed by atoms with Gasteiger partial charge in [-0.15, -0.1) is 0 Å². The molecule has 2 atom stereocenters. The number of benzene rings is 2. The molecule has 0 radical (unpaired) electrons. The van der Waals surface area contributed by atoms with E-state index < -0.39 is 5.60 Å². The maximum Gasteiger partial charge on any atom is 0.165 e. The molecule has 2 nitrogen and oxygen atoms in total. The molecule has 2 aromatic carbocycles. The molecule has 0 saturated heterocycles. The van der Waals surface area contributed by atoms with Crippen molar-refractivity contribution in [3.63, 3.8) is 0 Å². The Morgan fingerprint density at radius 3 is 2.24 bits per heavy atom. The lowest BCUT2D eigenvalue weighted by Gasteiger charge is -2.44. The van der Waals surface area contributed by atoms with Crippen molar-refractivity contribution in [3.05, 3.63) is 60.2 Å². The Labute approximate surface area is 129 Å². The number of carbonyl (C=O) groups excluding carboxylic acids is 1. The average Bonchev–Trinajstić information content (AvgIpc) is 2.53. The topological polar surface area (TPSA) is 26.3 Å². The highest BCUT2D eigenvalue weighted by Gasteiger charge is 2.52. The van der Waals surface area contributed by atoms with E-state index in [2.05, 4.69) is 36.4 Å². The summed E-state index contributed by atoms with van der Waals surface area (Å²) in [6.07, 6.45) is 0.579. The van der Waals surface area contributed by atoms with Gasteiger partial charge in [0, 0.05) is 29.2 Å². The summed E-state index contributed by atoms with van der Waals surface area (Å²) in [6.45, 7) is 1.89. The lowest BCUT2D eigenvalue weighted by molar-refractivity contribution is -0.157. The SMILES string of the molecule is CO[C@@]1(C)C(=O)C[C@@H]1c1ccc(Sc2ccccc2)cc1. The van der Waals surface area contributed by atoms with Crippen LogP contribution in [0.25, 0.3) is 0 Å². The number of methoxy groups -OCH3 is 1. The maximum absolute atomic E-state index is 11.7. The number of rotatable bonds is 4. The summed E-state index contributed by atoms with van der Waals surface area (Å²) >= 11 is 1.74. The second-order valence-electron chi connectivity index (χ2n) is 5.48. The highest BCUT2D eigenvalue weighted by atomic mass is 32.2. The van der Waals surface area contributed by atoms with Crippen LogP contribution >= 0.6 is 11.8 Å². The van der Waals surface area contributed by atoms with Gasteiger partial charge in [0.2, 0.25) is 0 Å². The Balaban J connectivity index is 1.75. The summed E-state index contributed by atoms with van der Waals surface area (Å²) in [6, 6.07) is 18.8. The zero-order valence-electron chi connectivity index (χ0n) is 12.2. The quantitative estimate of drug-likeness (QED) is 0.842. The van der Waals surface area contributed by atoms with Crippen LogP contribution in [0.1, 0.15) is 24.8 Å². The number of hydrogen-bond acceptors (Lipinski definition) is 3. The highest BCUT2D eigenvalue weighted by molar-refractivity contribution is 7.99. The summed E-state index contributed by atoms with van der Waals surface area (Å²) in [4.78, 5) is 14.2. The molecule has 0 bridgehead atoms. The van der Waals surface area contributed by atoms with Gasteiger partial charge in [-0.25, -0.2) is 0 Å². The van der Waals surface area contributed by atoms with E-state index in [0.29, 0.717) is 6.42 Å². The lowest BCUT2D eigenvalue weighted by Crippen LogP contribution is -2.53. The lowest BCUT2D eigenvalue weighted by atomic mass is 9.66. The molecule has 1 fully saturated rings. The van der Waals surface area contributed by atoms with Gasteiger partial charge < -0.3 is 4.74 Å². The molecule has 3 heteroatoms. The van der Waals surface area contributed by atoms with Gasteiger partial charge >= 0.3 is 0 Å². The van der Waals surface area contributed by atoms with Crippen LogP contribution in [-0.2, 0) is 9.53 Å². The Hall–Kier alpha value is -1.58. The predicted molar refractivity (Wildman–Crippen MR) is 84.8 cm³/mol. The Bertz CT molecular complexity index is 636. The maximum atomic E-state index is 11.7. The second-order valence-corrected chi connectivity index (χ2v) is 6.62. The van der Waals surface area contributed by atoms with Crippen LogP contribution in [0.5, 0.6) is 0 Å². The van der Waals surface area contributed by atoms with Crippen molar-refractivity contribution in [2.75, 3.05) is 7.11 Å². The van der Waals surface area contributed by atoms with Gasteiger partial charge in [0.15, 0.2) is 5.78 Å². The van der Waals surface area contributed by atoms with Gasteiger partial charge in [0.05, 0.1) is 0 Å². The molecule has 1 aliphatic carbocycles. The first-order valence-corrected chi connectivity index (χ1v) is 7.86. The molecule has 3 rings (SSSR count). The smallest absolute Gasteiger partial charge is 0.165 e. The first-order chi connectivity index (χ1) is 10.1. The van der Waals surface area contributed by atoms with Crippen molar-refractivity contribution < 1.29 is 9.53 Å². The molecule has 0 unspecified atom stereocenters. The zero-order chi connectivity index (χ0) is 14.9. The highest BCUT2D eigenvalue weighted by Crippen LogP contribution is 2.45. The third-order valence-corrected chi connectivity index (χ3v) is 5.31. The van der Waals surface area contributed by atoms with E-state index in [1.54, 1.807) is 18.9 Å². The van der Waals surface area contributed by atoms with Crippen LogP contribution in [0.15, 0.2) is 64.4 Å². The van der Waals surface area contributed by atoms with Crippen LogP contribution in [0.3, 0.4) is 0 Å². The fourth-order valence-corrected chi connectivity index (χ4v) is 3.57. The molecule has 0 amide bonds. The van der Waals surface area contributed by atoms with Crippen molar-refractivity contribution in [1.29, 1.82) is 0 Å². The van der Waals surface area contributed by atoms with Gasteiger partial charge in [-0.3, -0.25) is 4.79 Å². The second kappa shape index (κ2) is 5.66. The molecule has 21 heavy (non-hydrogen) atoms. The first-order valence-electron chi connectivity index (χ1n) is 7.05. The minimum atomic E-state index is -0.645. The number of ketones is 1. The summed E-state index contributed by atoms with van der Waals surface area (Å²) in [5, 5.41) is 0. The minimum Gasteiger partial charge on any atom is -0.370 e. The molecule has 1 aliphatic rings. The van der Waals surface area contributed by atoms with Gasteiger partial charge in [-0.05, 0) is 36.8 Å². The number of hydrogen-bond donors (Lipinski definition) is 0. The van der Waals surface area contributed by atoms with Crippen LogP contribution in [0, 0.1) is 0 Å². The third-order valence-electron chi connectivity index (χ3n) is 4.29. The van der Waals surface area contributed by atoms with E-state index in [-0.39, 0.29) is 11.7 Å². The van der Waals surface area contributed by atoms with Crippen LogP contribution in [0.4, 0.5) is 0 Å². The summed E-state index contributed by atoms with van der Waals surface area (Å²) in [5.74, 6) is 0.364. The van der Waals surface area contributed by atoms with Crippen molar-refractivity contribution >= 4 is 17.5 Å². The molecular weight excluding hydrogens is 280 g/mol. The van der Waals surface area contributed by atoms with E-state index in [4.69, 9.17) is 4.74 Å². The molecule has 0 aromatic heterocycles. The molecule has 1 saturated carbocycles. The Morgan fingerprint density at radius 1 is 1.05 bits per heavy atom. The van der Waals surface area contributed by atoms with Gasteiger partial charge in [0.1, 0.15) is 5.60 Å². The van der Waals surface area contributed by atoms with E-state index in [9.17, 15) is 4.79 Å². The zero-order valence-corrected chi connectivity index (χ0v) is 13.0. The fourth-order valence-electron chi connectivity index (χ4n) is 2.73. The van der Waals surface area contributed by atoms with Crippen molar-refractivity contribution in [2.45, 2.75) is 34.7 Å². The molecule has 0 N–H and O–H groups in total. The number of ether oxygens (including phenoxy) is 1. The molecular formula is C18H18O2S. The number of Topliss-reactive ketones (excluding diaryl/α,β-unsaturated/α-hetero) is 1. The Kier molecular flexibility index (Phi) is 3.87. The van der Waals surface area contributed by atoms with Crippen molar-refractivity contribution in [2.24, 2.45) is 0 Å². The molecule has 108 valence electrons. The van der Waals surface area contributed by atoms with E-state index in [1.807, 2.05) is 25.1 Å². The molecule has 0 aliphatic heterocycles. The van der Waals surface area contributed by atoms with Gasteiger partial charge in [0.25, 0.3) is 0 Å².